The number of nitrogens with zero attached hydrogens (tertiary/aromatic N) is 8. The predicted octanol–water partition coefficient (Wildman–Crippen LogP) is 8.34. The van der Waals surface area contributed by atoms with E-state index in [0.29, 0.717) is 48.0 Å². The van der Waals surface area contributed by atoms with Gasteiger partial charge in [0.05, 0.1) is 29.3 Å². The fourth-order valence-corrected chi connectivity index (χ4v) is 7.64. The lowest BCUT2D eigenvalue weighted by Gasteiger charge is -2.46. The number of hydrogen-bond donors (Lipinski definition) is 1. The minimum absolute atomic E-state index is 0.0000963. The van der Waals surface area contributed by atoms with Crippen LogP contribution < -0.4 is 0 Å². The minimum Gasteiger partial charge on any atom is -0.476 e. The van der Waals surface area contributed by atoms with Crippen LogP contribution in [0.15, 0.2) is 73.1 Å². The number of halogens is 2. The number of imidazole rings is 2. The van der Waals surface area contributed by atoms with Gasteiger partial charge in [0.1, 0.15) is 22.9 Å². The van der Waals surface area contributed by atoms with E-state index in [-0.39, 0.29) is 40.2 Å². The number of piperazine rings is 1. The number of amides is 2. The van der Waals surface area contributed by atoms with Crippen LogP contribution in [-0.4, -0.2) is 92.8 Å². The highest BCUT2D eigenvalue weighted by atomic mass is 19.1. The molecule has 2 saturated carbocycles. The number of carboxylic acid groups (broad SMARTS) is 1. The average molecular weight is 819 g/mol. The molecule has 4 aromatic heterocycles. The molecule has 2 aromatic carbocycles. The van der Waals surface area contributed by atoms with Crippen molar-refractivity contribution in [3.05, 3.63) is 107 Å². The molecule has 3 fully saturated rings. The third kappa shape index (κ3) is 8.04. The van der Waals surface area contributed by atoms with Crippen molar-refractivity contribution in [3.8, 4) is 22.5 Å². The van der Waals surface area contributed by atoms with E-state index in [2.05, 4.69) is 23.9 Å². The zero-order valence-electron chi connectivity index (χ0n) is 34.8. The predicted molar refractivity (Wildman–Crippen MR) is 220 cm³/mol. The van der Waals surface area contributed by atoms with Crippen molar-refractivity contribution in [1.29, 1.82) is 0 Å². The Morgan fingerprint density at radius 1 is 0.700 bits per heavy atom. The van der Waals surface area contributed by atoms with E-state index in [4.69, 9.17) is 19.9 Å². The maximum atomic E-state index is 13.7. The van der Waals surface area contributed by atoms with Crippen molar-refractivity contribution >= 4 is 29.3 Å². The van der Waals surface area contributed by atoms with Gasteiger partial charge in [-0.25, -0.2) is 37.4 Å². The summed E-state index contributed by atoms with van der Waals surface area (Å²) in [5, 5.41) is 18.3. The molecule has 1 aliphatic heterocycles. The summed E-state index contributed by atoms with van der Waals surface area (Å²) in [5.41, 5.74) is 5.30. The van der Waals surface area contributed by atoms with Crippen LogP contribution in [0.1, 0.15) is 106 Å². The molecule has 0 radical (unpaired) electrons. The normalized spacial score (nSPS) is 17.6. The number of carboxylic acids is 1. The molecule has 13 nitrogen and oxygen atoms in total. The minimum atomic E-state index is -1.08. The molecule has 312 valence electrons. The number of carbonyl (C=O) groups is 3. The molecule has 60 heavy (non-hydrogen) atoms. The lowest BCUT2D eigenvalue weighted by molar-refractivity contribution is -0.0110. The topological polar surface area (TPSA) is 148 Å². The van der Waals surface area contributed by atoms with E-state index in [9.17, 15) is 23.2 Å². The number of aromatic carboxylic acids is 1. The van der Waals surface area contributed by atoms with E-state index in [1.807, 2.05) is 46.8 Å². The summed E-state index contributed by atoms with van der Waals surface area (Å²) in [6.07, 6.45) is 6.85. The zero-order valence-corrected chi connectivity index (χ0v) is 34.8. The van der Waals surface area contributed by atoms with Crippen molar-refractivity contribution in [2.75, 3.05) is 19.6 Å². The first kappa shape index (κ1) is 40.5. The fraction of sp³-hybridized carbons (Fsp3) is 0.400. The molecule has 6 aromatic rings. The highest BCUT2D eigenvalue weighted by Gasteiger charge is 2.44. The number of fused-ring (bicyclic) bond motifs is 2. The molecule has 3 aliphatic rings. The van der Waals surface area contributed by atoms with Gasteiger partial charge in [-0.1, -0.05) is 13.8 Å². The number of carbonyl (C=O) groups excluding carboxylic acids is 2. The first-order valence-corrected chi connectivity index (χ1v) is 20.1. The van der Waals surface area contributed by atoms with E-state index in [1.54, 1.807) is 44.8 Å². The SMILES string of the molecule is CC(C)(C)OC(=O)N1CCN(C(=O)c2cn3nc(-c4ccc(F)cc4)cc(C4(C)CC4)c3n2)C(C)(C)C1.CC1(c2cc(-c3ccc(F)cc3)nn3cc(C(=O)O)nc23)CC1. The quantitative estimate of drug-likeness (QED) is 0.175. The maximum absolute atomic E-state index is 13.7. The summed E-state index contributed by atoms with van der Waals surface area (Å²) >= 11 is 0. The van der Waals surface area contributed by atoms with Gasteiger partial charge in [0, 0.05) is 41.9 Å². The van der Waals surface area contributed by atoms with Crippen LogP contribution in [-0.2, 0) is 15.6 Å². The fourth-order valence-electron chi connectivity index (χ4n) is 7.64. The molecule has 0 spiro atoms. The Labute approximate surface area is 346 Å². The zero-order chi connectivity index (χ0) is 42.9. The van der Waals surface area contributed by atoms with E-state index in [1.165, 1.54) is 35.0 Å². The van der Waals surface area contributed by atoms with Gasteiger partial charge in [-0.05, 0) is 132 Å². The van der Waals surface area contributed by atoms with Gasteiger partial charge < -0.3 is 19.6 Å². The van der Waals surface area contributed by atoms with E-state index < -0.39 is 17.1 Å². The van der Waals surface area contributed by atoms with Crippen LogP contribution in [0.25, 0.3) is 33.8 Å². The van der Waals surface area contributed by atoms with Crippen molar-refractivity contribution in [3.63, 3.8) is 0 Å². The summed E-state index contributed by atoms with van der Waals surface area (Å²) in [4.78, 5) is 49.9. The van der Waals surface area contributed by atoms with Gasteiger partial charge >= 0.3 is 12.1 Å². The molecule has 1 saturated heterocycles. The number of rotatable bonds is 6. The maximum Gasteiger partial charge on any atom is 0.410 e. The second kappa shape index (κ2) is 14.5. The van der Waals surface area contributed by atoms with Crippen LogP contribution in [0.3, 0.4) is 0 Å². The van der Waals surface area contributed by atoms with Crippen LogP contribution in [0.2, 0.25) is 0 Å². The number of ether oxygens (including phenoxy) is 1. The number of aromatic nitrogens is 6. The lowest BCUT2D eigenvalue weighted by Crippen LogP contribution is -2.62. The molecule has 0 atom stereocenters. The Balaban J connectivity index is 0.000000185. The van der Waals surface area contributed by atoms with Gasteiger partial charge in [0.25, 0.3) is 5.91 Å². The molecule has 0 bridgehead atoms. The summed E-state index contributed by atoms with van der Waals surface area (Å²) in [5.74, 6) is -1.88. The third-order valence-electron chi connectivity index (χ3n) is 11.7. The van der Waals surface area contributed by atoms with Crippen LogP contribution in [0.4, 0.5) is 13.6 Å². The molecule has 2 amide bonds. The molecule has 9 rings (SSSR count). The standard InChI is InChI=1S/C28H34FN5O3.C17H14FN3O2/c1-26(2,3)37-25(36)32-13-14-33(27(4,5)17-32)24(35)22-16-34-23(30-22)20(28(6)11-12-28)15-21(31-34)18-7-9-19(29)10-8-18;1-17(6-7-17)12-8-13(10-2-4-11(18)5-3-10)20-21-9-14(16(22)23)19-15(12)21/h7-10,15-16H,11-14,17H2,1-6H3;2-5,8-9H,6-7H2,1H3,(H,22,23). The molecule has 15 heteroatoms. The second-order valence-electron chi connectivity index (χ2n) is 18.3. The van der Waals surface area contributed by atoms with Crippen molar-refractivity contribution in [2.45, 2.75) is 96.1 Å². The van der Waals surface area contributed by atoms with Gasteiger partial charge in [-0.15, -0.1) is 0 Å². The van der Waals surface area contributed by atoms with Crippen LogP contribution >= 0.6 is 0 Å². The largest absolute Gasteiger partial charge is 0.476 e. The van der Waals surface area contributed by atoms with Crippen LogP contribution in [0, 0.1) is 11.6 Å². The molecular formula is C45H48F2N8O5. The van der Waals surface area contributed by atoms with Crippen molar-refractivity contribution in [2.24, 2.45) is 0 Å². The Morgan fingerprint density at radius 3 is 1.57 bits per heavy atom. The summed E-state index contributed by atoms with van der Waals surface area (Å²) in [7, 11) is 0. The smallest absolute Gasteiger partial charge is 0.410 e. The van der Waals surface area contributed by atoms with Gasteiger partial charge in [-0.2, -0.15) is 10.2 Å². The number of benzene rings is 2. The highest BCUT2D eigenvalue weighted by Crippen LogP contribution is 2.50. The highest BCUT2D eigenvalue weighted by molar-refractivity contribution is 5.94. The average Bonchev–Trinajstić information content (AvgIpc) is 4.00. The summed E-state index contributed by atoms with van der Waals surface area (Å²) in [6, 6.07) is 16.3. The van der Waals surface area contributed by atoms with E-state index >= 15 is 0 Å². The van der Waals surface area contributed by atoms with E-state index in [0.717, 1.165) is 47.9 Å². The second-order valence-corrected chi connectivity index (χ2v) is 18.3. The molecular weight excluding hydrogens is 771 g/mol. The lowest BCUT2D eigenvalue weighted by atomic mass is 9.98. The molecule has 1 N–H and O–H groups in total. The van der Waals surface area contributed by atoms with Gasteiger partial charge in [-0.3, -0.25) is 4.79 Å². The monoisotopic (exact) mass is 818 g/mol. The summed E-state index contributed by atoms with van der Waals surface area (Å²) < 4.78 is 35.4. The first-order valence-electron chi connectivity index (χ1n) is 20.1. The van der Waals surface area contributed by atoms with Crippen molar-refractivity contribution < 1.29 is 33.0 Å². The Hall–Kier alpha value is -6.25. The number of hydrogen-bond acceptors (Lipinski definition) is 8. The van der Waals surface area contributed by atoms with Gasteiger partial charge in [0.15, 0.2) is 17.0 Å². The van der Waals surface area contributed by atoms with Crippen LogP contribution in [0.5, 0.6) is 0 Å². The first-order chi connectivity index (χ1) is 28.2. The Morgan fingerprint density at radius 2 is 1.15 bits per heavy atom. The van der Waals surface area contributed by atoms with Gasteiger partial charge in [0.2, 0.25) is 0 Å². The van der Waals surface area contributed by atoms with Crippen molar-refractivity contribution in [1.82, 2.24) is 39.0 Å². The molecule has 0 unspecified atom stereocenters. The summed E-state index contributed by atoms with van der Waals surface area (Å²) in [6.45, 7) is 14.8. The Bertz CT molecular complexity index is 2660. The molecule has 5 heterocycles. The Kier molecular flexibility index (Phi) is 9.78. The molecule has 2 aliphatic carbocycles. The third-order valence-corrected chi connectivity index (χ3v) is 11.7.